The molecule has 1 aromatic carbocycles. The standard InChI is InChI=1S/C19H26N2O2/c22-11-10-19(8-4-1-5-9-19)14-20-13-16-12-15-6-2-3-7-17(15)21-18(16)23/h2-3,6-7,12,20,22H,1,4-5,8-11,13-14H2,(H,21,23). The molecule has 1 fully saturated rings. The fourth-order valence-corrected chi connectivity index (χ4v) is 3.84. The van der Waals surface area contributed by atoms with Crippen LogP contribution in [-0.2, 0) is 6.54 Å². The zero-order valence-corrected chi connectivity index (χ0v) is 13.6. The third kappa shape index (κ3) is 3.82. The van der Waals surface area contributed by atoms with Crippen molar-refractivity contribution in [3.05, 3.63) is 46.2 Å². The van der Waals surface area contributed by atoms with E-state index in [2.05, 4.69) is 10.3 Å². The SMILES string of the molecule is O=c1[nH]c2ccccc2cc1CNCC1(CCO)CCCCC1. The third-order valence-corrected chi connectivity index (χ3v) is 5.20. The first kappa shape index (κ1) is 16.2. The Bertz CT molecular complexity index is 696. The number of fused-ring (bicyclic) bond motifs is 1. The lowest BCUT2D eigenvalue weighted by molar-refractivity contribution is 0.126. The molecule has 3 rings (SSSR count). The van der Waals surface area contributed by atoms with Gasteiger partial charge in [0.05, 0.1) is 0 Å². The molecule has 1 heterocycles. The van der Waals surface area contributed by atoms with Crippen LogP contribution in [0.2, 0.25) is 0 Å². The Balaban J connectivity index is 1.68. The smallest absolute Gasteiger partial charge is 0.252 e. The molecule has 0 atom stereocenters. The number of hydrogen-bond acceptors (Lipinski definition) is 3. The molecular weight excluding hydrogens is 288 g/mol. The molecule has 3 N–H and O–H groups in total. The number of pyridine rings is 1. The fourth-order valence-electron chi connectivity index (χ4n) is 3.84. The van der Waals surface area contributed by atoms with E-state index in [-0.39, 0.29) is 17.6 Å². The minimum absolute atomic E-state index is 0.0175. The van der Waals surface area contributed by atoms with Gasteiger partial charge in [-0.3, -0.25) is 4.79 Å². The normalized spacial score (nSPS) is 17.4. The summed E-state index contributed by atoms with van der Waals surface area (Å²) in [6.07, 6.45) is 7.01. The van der Waals surface area contributed by atoms with Crippen LogP contribution in [0, 0.1) is 5.41 Å². The predicted molar refractivity (Wildman–Crippen MR) is 93.5 cm³/mol. The van der Waals surface area contributed by atoms with E-state index >= 15 is 0 Å². The summed E-state index contributed by atoms with van der Waals surface area (Å²) in [7, 11) is 0. The predicted octanol–water partition coefficient (Wildman–Crippen LogP) is 2.95. The molecule has 1 aliphatic rings. The highest BCUT2D eigenvalue weighted by Gasteiger charge is 2.30. The van der Waals surface area contributed by atoms with Crippen molar-refractivity contribution in [2.45, 2.75) is 45.1 Å². The summed E-state index contributed by atoms with van der Waals surface area (Å²) in [5.41, 5.74) is 1.84. The molecule has 0 amide bonds. The minimum Gasteiger partial charge on any atom is -0.396 e. The molecule has 0 unspecified atom stereocenters. The van der Waals surface area contributed by atoms with E-state index in [0.717, 1.165) is 29.4 Å². The van der Waals surface area contributed by atoms with Crippen molar-refractivity contribution < 1.29 is 5.11 Å². The highest BCUT2D eigenvalue weighted by atomic mass is 16.3. The maximum atomic E-state index is 12.2. The largest absolute Gasteiger partial charge is 0.396 e. The number of para-hydroxylation sites is 1. The molecule has 1 aliphatic carbocycles. The molecule has 1 saturated carbocycles. The summed E-state index contributed by atoms with van der Waals surface area (Å²) in [5.74, 6) is 0. The number of aromatic nitrogens is 1. The molecule has 0 spiro atoms. The Morgan fingerprint density at radius 2 is 1.96 bits per heavy atom. The second-order valence-electron chi connectivity index (χ2n) is 6.85. The number of H-pyrrole nitrogens is 1. The Kier molecular flexibility index (Phi) is 5.13. The highest BCUT2D eigenvalue weighted by Crippen LogP contribution is 2.38. The maximum absolute atomic E-state index is 12.2. The molecule has 0 aliphatic heterocycles. The first-order valence-corrected chi connectivity index (χ1v) is 8.65. The molecular formula is C19H26N2O2. The number of aromatic amines is 1. The fraction of sp³-hybridized carbons (Fsp3) is 0.526. The van der Waals surface area contributed by atoms with Crippen molar-refractivity contribution in [3.63, 3.8) is 0 Å². The molecule has 0 radical (unpaired) electrons. The third-order valence-electron chi connectivity index (χ3n) is 5.20. The van der Waals surface area contributed by atoms with Crippen molar-refractivity contribution in [1.29, 1.82) is 0 Å². The zero-order valence-electron chi connectivity index (χ0n) is 13.6. The van der Waals surface area contributed by atoms with Gasteiger partial charge in [-0.2, -0.15) is 0 Å². The van der Waals surface area contributed by atoms with Crippen LogP contribution in [0.15, 0.2) is 35.1 Å². The van der Waals surface area contributed by atoms with Crippen LogP contribution in [0.5, 0.6) is 0 Å². The van der Waals surface area contributed by atoms with Gasteiger partial charge in [0.25, 0.3) is 5.56 Å². The summed E-state index contributed by atoms with van der Waals surface area (Å²) in [5, 5.41) is 13.9. The number of hydrogen-bond donors (Lipinski definition) is 3. The van der Waals surface area contributed by atoms with E-state index in [1.807, 2.05) is 30.3 Å². The van der Waals surface area contributed by atoms with Crippen LogP contribution < -0.4 is 10.9 Å². The average Bonchev–Trinajstić information content (AvgIpc) is 2.56. The first-order chi connectivity index (χ1) is 11.2. The van der Waals surface area contributed by atoms with E-state index in [9.17, 15) is 9.90 Å². The van der Waals surface area contributed by atoms with Crippen molar-refractivity contribution in [1.82, 2.24) is 10.3 Å². The Morgan fingerprint density at radius 1 is 1.17 bits per heavy atom. The van der Waals surface area contributed by atoms with Crippen LogP contribution in [-0.4, -0.2) is 23.2 Å². The Labute approximate surface area is 136 Å². The maximum Gasteiger partial charge on any atom is 0.252 e. The van der Waals surface area contributed by atoms with E-state index < -0.39 is 0 Å². The molecule has 0 bridgehead atoms. The van der Waals surface area contributed by atoms with Gasteiger partial charge >= 0.3 is 0 Å². The van der Waals surface area contributed by atoms with E-state index in [1.54, 1.807) is 0 Å². The number of benzene rings is 1. The van der Waals surface area contributed by atoms with Gasteiger partial charge in [0.15, 0.2) is 0 Å². The van der Waals surface area contributed by atoms with Crippen molar-refractivity contribution >= 4 is 10.9 Å². The van der Waals surface area contributed by atoms with Crippen molar-refractivity contribution in [2.24, 2.45) is 5.41 Å². The van der Waals surface area contributed by atoms with Crippen molar-refractivity contribution in [2.75, 3.05) is 13.2 Å². The molecule has 23 heavy (non-hydrogen) atoms. The summed E-state index contributed by atoms with van der Waals surface area (Å²) in [6.45, 7) is 1.70. The topological polar surface area (TPSA) is 65.1 Å². The first-order valence-electron chi connectivity index (χ1n) is 8.65. The Hall–Kier alpha value is -1.65. The van der Waals surface area contributed by atoms with Gasteiger partial charge in [0.2, 0.25) is 0 Å². The highest BCUT2D eigenvalue weighted by molar-refractivity contribution is 5.78. The zero-order chi connectivity index (χ0) is 16.1. The molecule has 0 saturated heterocycles. The monoisotopic (exact) mass is 314 g/mol. The second-order valence-corrected chi connectivity index (χ2v) is 6.85. The molecule has 2 aromatic rings. The van der Waals surface area contributed by atoms with Gasteiger partial charge in [0.1, 0.15) is 0 Å². The van der Waals surface area contributed by atoms with Gasteiger partial charge in [-0.15, -0.1) is 0 Å². The second kappa shape index (κ2) is 7.28. The van der Waals surface area contributed by atoms with Gasteiger partial charge in [-0.05, 0) is 42.2 Å². The summed E-state index contributed by atoms with van der Waals surface area (Å²) >= 11 is 0. The van der Waals surface area contributed by atoms with E-state index in [4.69, 9.17) is 0 Å². The van der Waals surface area contributed by atoms with Crippen LogP contribution in [0.4, 0.5) is 0 Å². The Morgan fingerprint density at radius 3 is 2.74 bits per heavy atom. The quantitative estimate of drug-likeness (QED) is 0.768. The summed E-state index contributed by atoms with van der Waals surface area (Å²) in [6, 6.07) is 9.82. The van der Waals surface area contributed by atoms with Gasteiger partial charge in [-0.25, -0.2) is 0 Å². The van der Waals surface area contributed by atoms with E-state index in [0.29, 0.717) is 6.54 Å². The van der Waals surface area contributed by atoms with E-state index in [1.165, 1.54) is 32.1 Å². The molecule has 124 valence electrons. The summed E-state index contributed by atoms with van der Waals surface area (Å²) < 4.78 is 0. The molecule has 4 nitrogen and oxygen atoms in total. The molecule has 4 heteroatoms. The van der Waals surface area contributed by atoms with Crippen LogP contribution in [0.3, 0.4) is 0 Å². The molecule has 1 aromatic heterocycles. The minimum atomic E-state index is -0.0175. The lowest BCUT2D eigenvalue weighted by Gasteiger charge is -2.37. The van der Waals surface area contributed by atoms with Gasteiger partial charge in [0, 0.05) is 30.8 Å². The van der Waals surface area contributed by atoms with Gasteiger partial charge < -0.3 is 15.4 Å². The van der Waals surface area contributed by atoms with Crippen LogP contribution in [0.1, 0.15) is 44.1 Å². The van der Waals surface area contributed by atoms with Crippen LogP contribution >= 0.6 is 0 Å². The summed E-state index contributed by atoms with van der Waals surface area (Å²) in [4.78, 5) is 15.1. The number of rotatable bonds is 6. The average molecular weight is 314 g/mol. The number of nitrogens with one attached hydrogen (secondary N) is 2. The van der Waals surface area contributed by atoms with Crippen LogP contribution in [0.25, 0.3) is 10.9 Å². The lowest BCUT2D eigenvalue weighted by atomic mass is 9.72. The number of aliphatic hydroxyl groups excluding tert-OH is 1. The van der Waals surface area contributed by atoms with Gasteiger partial charge in [-0.1, -0.05) is 37.5 Å². The van der Waals surface area contributed by atoms with Crippen molar-refractivity contribution in [3.8, 4) is 0 Å². The number of aliphatic hydroxyl groups is 1. The lowest BCUT2D eigenvalue weighted by Crippen LogP contribution is -2.37.